The summed E-state index contributed by atoms with van der Waals surface area (Å²) in [5.74, 6) is -0.716. The Labute approximate surface area is 198 Å². The first-order valence-corrected chi connectivity index (χ1v) is 12.8. The van der Waals surface area contributed by atoms with Crippen molar-refractivity contribution in [3.63, 3.8) is 0 Å². The number of nitrogens with zero attached hydrogens (tertiary/aromatic N) is 1. The van der Waals surface area contributed by atoms with Crippen molar-refractivity contribution in [3.8, 4) is 0 Å². The summed E-state index contributed by atoms with van der Waals surface area (Å²) in [6.07, 6.45) is 9.94. The van der Waals surface area contributed by atoms with Crippen LogP contribution in [0, 0.1) is 20.8 Å². The lowest BCUT2D eigenvalue weighted by molar-refractivity contribution is -0.142. The molecule has 1 aromatic carbocycles. The van der Waals surface area contributed by atoms with E-state index >= 15 is 0 Å². The lowest BCUT2D eigenvalue weighted by atomic mass is 10.0. The van der Waals surface area contributed by atoms with E-state index in [4.69, 9.17) is 4.74 Å². The van der Waals surface area contributed by atoms with E-state index in [0.29, 0.717) is 6.42 Å². The van der Waals surface area contributed by atoms with Crippen molar-refractivity contribution < 1.29 is 19.1 Å². The zero-order chi connectivity index (χ0) is 24.1. The zero-order valence-electron chi connectivity index (χ0n) is 20.8. The first-order valence-electron chi connectivity index (χ1n) is 11.9. The number of amides is 1. The fourth-order valence-corrected chi connectivity index (χ4v) is 4.52. The number of unbranched alkanes of at least 4 members (excludes halogenated alkanes) is 7. The van der Waals surface area contributed by atoms with E-state index in [1.165, 1.54) is 44.1 Å². The molecule has 0 saturated carbocycles. The van der Waals surface area contributed by atoms with Gasteiger partial charge in [0.15, 0.2) is 5.12 Å². The van der Waals surface area contributed by atoms with Crippen LogP contribution in [0.1, 0.15) is 88.3 Å². The van der Waals surface area contributed by atoms with Crippen LogP contribution in [0.3, 0.4) is 0 Å². The molecule has 0 N–H and O–H groups in total. The molecular weight excluding hydrogens is 422 g/mol. The normalized spacial score (nSPS) is 11.8. The second-order valence-corrected chi connectivity index (χ2v) is 9.55. The molecule has 0 aliphatic carbocycles. The Bertz CT molecular complexity index is 762. The Morgan fingerprint density at radius 1 is 0.938 bits per heavy atom. The van der Waals surface area contributed by atoms with Crippen molar-refractivity contribution in [1.82, 2.24) is 0 Å². The van der Waals surface area contributed by atoms with Gasteiger partial charge in [-0.3, -0.25) is 14.5 Å². The topological polar surface area (TPSA) is 63.7 Å². The number of carbonyl (C=O) groups excluding carboxylic acids is 3. The van der Waals surface area contributed by atoms with Gasteiger partial charge >= 0.3 is 5.97 Å². The molecule has 0 aliphatic heterocycles. The summed E-state index contributed by atoms with van der Waals surface area (Å²) in [5, 5.41) is 0.0349. The molecule has 5 nitrogen and oxygen atoms in total. The Morgan fingerprint density at radius 2 is 1.50 bits per heavy atom. The third-order valence-electron chi connectivity index (χ3n) is 5.93. The maximum Gasteiger partial charge on any atom is 0.328 e. The lowest BCUT2D eigenvalue weighted by Gasteiger charge is -2.31. The summed E-state index contributed by atoms with van der Waals surface area (Å²) in [6.45, 7) is 9.73. The second kappa shape index (κ2) is 15.1. The number of rotatable bonds is 14. The Balaban J connectivity index is 2.68. The van der Waals surface area contributed by atoms with Crippen LogP contribution in [0.25, 0.3) is 0 Å². The maximum absolute atomic E-state index is 13.2. The molecule has 1 amide bonds. The average molecular weight is 464 g/mol. The summed E-state index contributed by atoms with van der Waals surface area (Å²) in [7, 11) is 1.32. The van der Waals surface area contributed by atoms with Crippen LogP contribution in [0.2, 0.25) is 0 Å². The molecule has 0 radical (unpaired) electrons. The number of thioether (sulfide) groups is 1. The molecule has 1 unspecified atom stereocenters. The van der Waals surface area contributed by atoms with Crippen LogP contribution in [-0.2, 0) is 19.1 Å². The van der Waals surface area contributed by atoms with Gasteiger partial charge in [0.1, 0.15) is 6.04 Å². The number of ether oxygens (including phenoxy) is 1. The predicted octanol–water partition coefficient (Wildman–Crippen LogP) is 6.30. The number of aryl methyl sites for hydroxylation is 2. The smallest absolute Gasteiger partial charge is 0.328 e. The summed E-state index contributed by atoms with van der Waals surface area (Å²) in [5.41, 5.74) is 3.62. The van der Waals surface area contributed by atoms with Crippen LogP contribution in [0.15, 0.2) is 12.1 Å². The highest BCUT2D eigenvalue weighted by Crippen LogP contribution is 2.30. The number of esters is 1. The molecule has 1 atom stereocenters. The van der Waals surface area contributed by atoms with Gasteiger partial charge in [0.05, 0.1) is 18.6 Å². The molecular formula is C26H41NO4S. The first-order chi connectivity index (χ1) is 15.2. The molecule has 0 saturated heterocycles. The van der Waals surface area contributed by atoms with Crippen LogP contribution >= 0.6 is 11.8 Å². The summed E-state index contributed by atoms with van der Waals surface area (Å²) in [6, 6.07) is 3.18. The molecule has 0 heterocycles. The van der Waals surface area contributed by atoms with Gasteiger partial charge in [0, 0.05) is 6.42 Å². The van der Waals surface area contributed by atoms with Crippen LogP contribution in [0.4, 0.5) is 5.69 Å². The van der Waals surface area contributed by atoms with E-state index < -0.39 is 12.0 Å². The van der Waals surface area contributed by atoms with Crippen LogP contribution in [0.5, 0.6) is 0 Å². The molecule has 0 aliphatic rings. The van der Waals surface area contributed by atoms with E-state index in [1.807, 2.05) is 32.9 Å². The minimum atomic E-state index is -0.768. The Hall–Kier alpha value is -1.82. The van der Waals surface area contributed by atoms with Gasteiger partial charge < -0.3 is 4.74 Å². The van der Waals surface area contributed by atoms with E-state index in [9.17, 15) is 14.4 Å². The van der Waals surface area contributed by atoms with Crippen molar-refractivity contribution in [1.29, 1.82) is 0 Å². The van der Waals surface area contributed by atoms with E-state index in [-0.39, 0.29) is 16.8 Å². The number of carbonyl (C=O) groups is 3. The van der Waals surface area contributed by atoms with Crippen molar-refractivity contribution in [2.24, 2.45) is 0 Å². The third kappa shape index (κ3) is 8.97. The van der Waals surface area contributed by atoms with Crippen LogP contribution in [-0.4, -0.2) is 35.9 Å². The van der Waals surface area contributed by atoms with Gasteiger partial charge in [-0.2, -0.15) is 0 Å². The highest BCUT2D eigenvalue weighted by atomic mass is 32.2. The highest BCUT2D eigenvalue weighted by Gasteiger charge is 2.30. The molecule has 32 heavy (non-hydrogen) atoms. The summed E-state index contributed by atoms with van der Waals surface area (Å²) >= 11 is 1.05. The van der Waals surface area contributed by atoms with Gasteiger partial charge in [0.2, 0.25) is 5.91 Å². The molecule has 180 valence electrons. The van der Waals surface area contributed by atoms with Gasteiger partial charge in [0.25, 0.3) is 0 Å². The molecule has 6 heteroatoms. The highest BCUT2D eigenvalue weighted by molar-refractivity contribution is 8.14. The minimum absolute atomic E-state index is 0.0179. The Kier molecular flexibility index (Phi) is 13.3. The van der Waals surface area contributed by atoms with Gasteiger partial charge in [-0.1, -0.05) is 75.8 Å². The number of methoxy groups -OCH3 is 1. The van der Waals surface area contributed by atoms with Gasteiger partial charge in [-0.05, 0) is 50.8 Å². The number of hydrogen-bond donors (Lipinski definition) is 0. The zero-order valence-corrected chi connectivity index (χ0v) is 21.6. The van der Waals surface area contributed by atoms with Crippen molar-refractivity contribution in [2.45, 2.75) is 98.4 Å². The maximum atomic E-state index is 13.2. The molecule has 1 aromatic rings. The number of anilines is 1. The molecule has 0 aromatic heterocycles. The number of hydrogen-bond acceptors (Lipinski definition) is 5. The summed E-state index contributed by atoms with van der Waals surface area (Å²) in [4.78, 5) is 39.3. The fourth-order valence-electron chi connectivity index (χ4n) is 3.80. The third-order valence-corrected chi connectivity index (χ3v) is 6.85. The molecule has 1 rings (SSSR count). The van der Waals surface area contributed by atoms with Crippen molar-refractivity contribution in [3.05, 3.63) is 28.8 Å². The average Bonchev–Trinajstić information content (AvgIpc) is 2.78. The lowest BCUT2D eigenvalue weighted by Crippen LogP contribution is -2.46. The first kappa shape index (κ1) is 28.2. The second-order valence-electron chi connectivity index (χ2n) is 8.52. The van der Waals surface area contributed by atoms with Crippen molar-refractivity contribution in [2.75, 3.05) is 17.8 Å². The monoisotopic (exact) mass is 463 g/mol. The van der Waals surface area contributed by atoms with Gasteiger partial charge in [-0.15, -0.1) is 0 Å². The molecule has 0 fully saturated rings. The van der Waals surface area contributed by atoms with E-state index in [2.05, 4.69) is 6.92 Å². The SMILES string of the molecule is CCCCCCCCCCC(=O)SCC(=O)N(c1c(C)ccc(C)c1C)C(C)C(=O)OC. The Morgan fingerprint density at radius 3 is 2.09 bits per heavy atom. The van der Waals surface area contributed by atoms with Gasteiger partial charge in [-0.25, -0.2) is 4.79 Å². The molecule has 0 spiro atoms. The minimum Gasteiger partial charge on any atom is -0.467 e. The molecule has 0 bridgehead atoms. The summed E-state index contributed by atoms with van der Waals surface area (Å²) < 4.78 is 4.90. The van der Waals surface area contributed by atoms with Crippen molar-refractivity contribution >= 4 is 34.4 Å². The quantitative estimate of drug-likeness (QED) is 0.239. The fraction of sp³-hybridized carbons (Fsp3) is 0.654. The number of benzene rings is 1. The van der Waals surface area contributed by atoms with Crippen LogP contribution < -0.4 is 4.90 Å². The largest absolute Gasteiger partial charge is 0.467 e. The standard InChI is InChI=1S/C26H41NO4S/c1-7-8-9-10-11-12-13-14-15-24(29)32-18-23(28)27(22(5)26(30)31-6)25-20(3)17-16-19(2)21(25)4/h16-17,22H,7-15,18H2,1-6H3. The van der Waals surface area contributed by atoms with E-state index in [1.54, 1.807) is 6.92 Å². The predicted molar refractivity (Wildman–Crippen MR) is 134 cm³/mol. The van der Waals surface area contributed by atoms with E-state index in [0.717, 1.165) is 53.4 Å².